The Balaban J connectivity index is 1.41. The number of carbonyl (C=O) groups excluding carboxylic acids is 1. The Morgan fingerprint density at radius 2 is 1.80 bits per heavy atom. The monoisotopic (exact) mass is 341 g/mol. The molecule has 0 saturated carbocycles. The molecule has 132 valence electrons. The standard InChI is InChI=1S/C19H23N3O3/c1-24-17-4-6-18(7-5-17)25-15-19(23)22-11-9-21(10-12-22)14-16-3-2-8-20-13-16/h2-8,13H,9-12,14-15H2,1H3. The zero-order chi connectivity index (χ0) is 17.5. The second kappa shape index (κ2) is 8.48. The molecule has 1 amide bonds. The van der Waals surface area contributed by atoms with E-state index in [0.717, 1.165) is 38.5 Å². The van der Waals surface area contributed by atoms with Crippen molar-refractivity contribution in [2.75, 3.05) is 39.9 Å². The van der Waals surface area contributed by atoms with Crippen LogP contribution in [0.1, 0.15) is 5.56 Å². The van der Waals surface area contributed by atoms with E-state index in [0.29, 0.717) is 5.75 Å². The summed E-state index contributed by atoms with van der Waals surface area (Å²) in [5, 5.41) is 0. The Kier molecular flexibility index (Phi) is 5.85. The number of methoxy groups -OCH3 is 1. The van der Waals surface area contributed by atoms with Gasteiger partial charge in [0.25, 0.3) is 5.91 Å². The average molecular weight is 341 g/mol. The van der Waals surface area contributed by atoms with Gasteiger partial charge in [-0.1, -0.05) is 6.07 Å². The molecule has 6 heteroatoms. The SMILES string of the molecule is COc1ccc(OCC(=O)N2CCN(Cc3cccnc3)CC2)cc1. The first-order valence-electron chi connectivity index (χ1n) is 8.40. The number of piperazine rings is 1. The molecule has 1 saturated heterocycles. The molecule has 0 radical (unpaired) electrons. The molecule has 0 spiro atoms. The lowest BCUT2D eigenvalue weighted by molar-refractivity contribution is -0.135. The third-order valence-corrected chi connectivity index (χ3v) is 4.28. The van der Waals surface area contributed by atoms with Crippen molar-refractivity contribution >= 4 is 5.91 Å². The van der Waals surface area contributed by atoms with Gasteiger partial charge < -0.3 is 14.4 Å². The highest BCUT2D eigenvalue weighted by Gasteiger charge is 2.21. The van der Waals surface area contributed by atoms with E-state index < -0.39 is 0 Å². The van der Waals surface area contributed by atoms with Gasteiger partial charge in [0.05, 0.1) is 7.11 Å². The Morgan fingerprint density at radius 3 is 2.44 bits per heavy atom. The summed E-state index contributed by atoms with van der Waals surface area (Å²) in [6, 6.07) is 11.3. The molecular formula is C19H23N3O3. The van der Waals surface area contributed by atoms with Crippen LogP contribution in [0.15, 0.2) is 48.8 Å². The molecule has 1 aliphatic heterocycles. The van der Waals surface area contributed by atoms with Crippen LogP contribution in [-0.2, 0) is 11.3 Å². The molecule has 3 rings (SSSR count). The van der Waals surface area contributed by atoms with Crippen molar-refractivity contribution in [1.82, 2.24) is 14.8 Å². The minimum atomic E-state index is 0.0249. The maximum atomic E-state index is 12.3. The van der Waals surface area contributed by atoms with Gasteiger partial charge in [-0.2, -0.15) is 0 Å². The van der Waals surface area contributed by atoms with Crippen LogP contribution in [0.4, 0.5) is 0 Å². The molecule has 0 aliphatic carbocycles. The van der Waals surface area contributed by atoms with E-state index in [4.69, 9.17) is 9.47 Å². The number of hydrogen-bond donors (Lipinski definition) is 0. The molecule has 0 unspecified atom stereocenters. The van der Waals surface area contributed by atoms with E-state index in [1.54, 1.807) is 25.4 Å². The largest absolute Gasteiger partial charge is 0.497 e. The van der Waals surface area contributed by atoms with E-state index in [1.807, 2.05) is 29.3 Å². The van der Waals surface area contributed by atoms with Crippen molar-refractivity contribution in [1.29, 1.82) is 0 Å². The Morgan fingerprint density at radius 1 is 1.08 bits per heavy atom. The summed E-state index contributed by atoms with van der Waals surface area (Å²) in [6.45, 7) is 4.12. The van der Waals surface area contributed by atoms with Crippen molar-refractivity contribution in [3.63, 3.8) is 0 Å². The minimum Gasteiger partial charge on any atom is -0.497 e. The smallest absolute Gasteiger partial charge is 0.260 e. The minimum absolute atomic E-state index is 0.0249. The van der Waals surface area contributed by atoms with Gasteiger partial charge in [0, 0.05) is 45.1 Å². The average Bonchev–Trinajstić information content (AvgIpc) is 2.68. The molecule has 25 heavy (non-hydrogen) atoms. The highest BCUT2D eigenvalue weighted by Crippen LogP contribution is 2.17. The highest BCUT2D eigenvalue weighted by molar-refractivity contribution is 5.77. The van der Waals surface area contributed by atoms with Crippen LogP contribution >= 0.6 is 0 Å². The Labute approximate surface area is 148 Å². The first-order chi connectivity index (χ1) is 12.2. The predicted molar refractivity (Wildman–Crippen MR) is 94.6 cm³/mol. The van der Waals surface area contributed by atoms with Gasteiger partial charge in [-0.3, -0.25) is 14.7 Å². The van der Waals surface area contributed by atoms with Crippen molar-refractivity contribution in [2.24, 2.45) is 0 Å². The molecular weight excluding hydrogens is 318 g/mol. The van der Waals surface area contributed by atoms with Gasteiger partial charge in [0.1, 0.15) is 11.5 Å². The van der Waals surface area contributed by atoms with Gasteiger partial charge >= 0.3 is 0 Å². The van der Waals surface area contributed by atoms with Crippen molar-refractivity contribution in [2.45, 2.75) is 6.54 Å². The summed E-state index contributed by atoms with van der Waals surface area (Å²) in [7, 11) is 1.62. The summed E-state index contributed by atoms with van der Waals surface area (Å²) in [5.41, 5.74) is 1.20. The number of ether oxygens (including phenoxy) is 2. The molecule has 1 aromatic heterocycles. The Hall–Kier alpha value is -2.60. The molecule has 0 N–H and O–H groups in total. The first-order valence-corrected chi connectivity index (χ1v) is 8.40. The zero-order valence-electron chi connectivity index (χ0n) is 14.4. The number of benzene rings is 1. The second-order valence-electron chi connectivity index (χ2n) is 5.98. The lowest BCUT2D eigenvalue weighted by Gasteiger charge is -2.34. The fourth-order valence-electron chi connectivity index (χ4n) is 2.81. The summed E-state index contributed by atoms with van der Waals surface area (Å²) >= 11 is 0. The van der Waals surface area contributed by atoms with Crippen LogP contribution in [0.2, 0.25) is 0 Å². The van der Waals surface area contributed by atoms with Crippen LogP contribution in [0.25, 0.3) is 0 Å². The van der Waals surface area contributed by atoms with E-state index >= 15 is 0 Å². The van der Waals surface area contributed by atoms with Crippen molar-refractivity contribution < 1.29 is 14.3 Å². The van der Waals surface area contributed by atoms with Gasteiger partial charge in [-0.05, 0) is 35.9 Å². The lowest BCUT2D eigenvalue weighted by Crippen LogP contribution is -2.49. The lowest BCUT2D eigenvalue weighted by atomic mass is 10.2. The topological polar surface area (TPSA) is 54.9 Å². The zero-order valence-corrected chi connectivity index (χ0v) is 14.4. The number of pyridine rings is 1. The van der Waals surface area contributed by atoms with Gasteiger partial charge in [0.2, 0.25) is 0 Å². The summed E-state index contributed by atoms with van der Waals surface area (Å²) < 4.78 is 10.7. The van der Waals surface area contributed by atoms with Crippen LogP contribution in [0.3, 0.4) is 0 Å². The number of carbonyl (C=O) groups is 1. The fraction of sp³-hybridized carbons (Fsp3) is 0.368. The molecule has 2 heterocycles. The van der Waals surface area contributed by atoms with Crippen molar-refractivity contribution in [3.05, 3.63) is 54.4 Å². The van der Waals surface area contributed by atoms with Gasteiger partial charge in [-0.15, -0.1) is 0 Å². The number of hydrogen-bond acceptors (Lipinski definition) is 5. The highest BCUT2D eigenvalue weighted by atomic mass is 16.5. The summed E-state index contributed by atoms with van der Waals surface area (Å²) in [5.74, 6) is 1.46. The molecule has 6 nitrogen and oxygen atoms in total. The van der Waals surface area contributed by atoms with Gasteiger partial charge in [-0.25, -0.2) is 0 Å². The molecule has 1 aliphatic rings. The molecule has 0 atom stereocenters. The Bertz CT molecular complexity index is 668. The van der Waals surface area contributed by atoms with Crippen LogP contribution in [0, 0.1) is 0 Å². The number of aromatic nitrogens is 1. The maximum absolute atomic E-state index is 12.3. The summed E-state index contributed by atoms with van der Waals surface area (Å²) in [6.07, 6.45) is 3.67. The van der Waals surface area contributed by atoms with E-state index in [2.05, 4.69) is 16.0 Å². The first kappa shape index (κ1) is 17.2. The molecule has 1 aromatic carbocycles. The second-order valence-corrected chi connectivity index (χ2v) is 5.98. The van der Waals surface area contributed by atoms with Crippen LogP contribution < -0.4 is 9.47 Å². The number of amides is 1. The fourth-order valence-corrected chi connectivity index (χ4v) is 2.81. The third-order valence-electron chi connectivity index (χ3n) is 4.28. The molecule has 2 aromatic rings. The van der Waals surface area contributed by atoms with Crippen molar-refractivity contribution in [3.8, 4) is 11.5 Å². The molecule has 0 bridgehead atoms. The third kappa shape index (κ3) is 4.93. The number of rotatable bonds is 6. The predicted octanol–water partition coefficient (Wildman–Crippen LogP) is 1.81. The van der Waals surface area contributed by atoms with Crippen LogP contribution in [0.5, 0.6) is 11.5 Å². The van der Waals surface area contributed by atoms with Gasteiger partial charge in [0.15, 0.2) is 6.61 Å². The van der Waals surface area contributed by atoms with E-state index in [-0.39, 0.29) is 12.5 Å². The summed E-state index contributed by atoms with van der Waals surface area (Å²) in [4.78, 5) is 20.7. The van der Waals surface area contributed by atoms with E-state index in [1.165, 1.54) is 5.56 Å². The van der Waals surface area contributed by atoms with Crippen LogP contribution in [-0.4, -0.2) is 60.6 Å². The number of nitrogens with zero attached hydrogens (tertiary/aromatic N) is 3. The quantitative estimate of drug-likeness (QED) is 0.802. The molecule has 1 fully saturated rings. The normalized spacial score (nSPS) is 15.0. The van der Waals surface area contributed by atoms with E-state index in [9.17, 15) is 4.79 Å². The maximum Gasteiger partial charge on any atom is 0.260 e.